The summed E-state index contributed by atoms with van der Waals surface area (Å²) in [6, 6.07) is 3.24. The van der Waals surface area contributed by atoms with Crippen molar-refractivity contribution in [1.82, 2.24) is 10.2 Å². The summed E-state index contributed by atoms with van der Waals surface area (Å²) < 4.78 is 41.1. The molecule has 2 heterocycles. The van der Waals surface area contributed by atoms with Crippen LogP contribution in [-0.2, 0) is 0 Å². The van der Waals surface area contributed by atoms with E-state index < -0.39 is 24.2 Å². The summed E-state index contributed by atoms with van der Waals surface area (Å²) in [7, 11) is 0. The Morgan fingerprint density at radius 2 is 2.00 bits per heavy atom. The zero-order valence-corrected chi connectivity index (χ0v) is 13.2. The quantitative estimate of drug-likeness (QED) is 0.906. The second-order valence-corrected chi connectivity index (χ2v) is 6.55. The van der Waals surface area contributed by atoms with Crippen LogP contribution in [0.15, 0.2) is 12.1 Å². The molecule has 0 unspecified atom stereocenters. The van der Waals surface area contributed by atoms with Gasteiger partial charge in [0, 0.05) is 13.0 Å². The highest BCUT2D eigenvalue weighted by Crippen LogP contribution is 2.31. The van der Waals surface area contributed by atoms with Crippen LogP contribution in [0.3, 0.4) is 0 Å². The number of hydrogen-bond acceptors (Lipinski definition) is 2. The van der Waals surface area contributed by atoms with Crippen molar-refractivity contribution >= 4 is 5.91 Å². The Morgan fingerprint density at radius 1 is 1.30 bits per heavy atom. The Hall–Kier alpha value is -1.56. The Labute approximate surface area is 133 Å². The van der Waals surface area contributed by atoms with Crippen LogP contribution in [0.25, 0.3) is 0 Å². The normalized spacial score (nSPS) is 21.7. The van der Waals surface area contributed by atoms with Crippen LogP contribution in [0.4, 0.5) is 13.2 Å². The maximum Gasteiger partial charge on any atom is 0.267 e. The number of likely N-dealkylation sites (tertiary alicyclic amines) is 1. The molecule has 2 fully saturated rings. The summed E-state index contributed by atoms with van der Waals surface area (Å²) in [5.74, 6) is -3.81. The van der Waals surface area contributed by atoms with E-state index in [4.69, 9.17) is 0 Å². The van der Waals surface area contributed by atoms with Crippen LogP contribution < -0.4 is 5.32 Å². The predicted octanol–water partition coefficient (Wildman–Crippen LogP) is 3.08. The van der Waals surface area contributed by atoms with E-state index in [9.17, 15) is 18.0 Å². The van der Waals surface area contributed by atoms with E-state index in [0.29, 0.717) is 5.56 Å². The highest BCUT2D eigenvalue weighted by atomic mass is 19.3. The number of nitrogens with zero attached hydrogens (tertiary/aromatic N) is 1. The molecule has 2 aliphatic rings. The molecule has 1 aromatic carbocycles. The van der Waals surface area contributed by atoms with Gasteiger partial charge in [-0.1, -0.05) is 6.07 Å². The predicted molar refractivity (Wildman–Crippen MR) is 81.4 cm³/mol. The van der Waals surface area contributed by atoms with Crippen molar-refractivity contribution in [3.63, 3.8) is 0 Å². The Bertz CT molecular complexity index is 589. The van der Waals surface area contributed by atoms with Gasteiger partial charge in [0.2, 0.25) is 0 Å². The van der Waals surface area contributed by atoms with Gasteiger partial charge in [-0.15, -0.1) is 0 Å². The molecule has 2 saturated heterocycles. The second-order valence-electron chi connectivity index (χ2n) is 6.55. The molecule has 0 spiro atoms. The topological polar surface area (TPSA) is 32.3 Å². The first-order valence-corrected chi connectivity index (χ1v) is 8.05. The SMILES string of the molecule is Cc1cc(C2CCNCC2)cc(F)c1C(=O)N1CCC(F)(F)C1. The van der Waals surface area contributed by atoms with Gasteiger partial charge < -0.3 is 10.2 Å². The van der Waals surface area contributed by atoms with Gasteiger partial charge in [0.1, 0.15) is 5.82 Å². The van der Waals surface area contributed by atoms with Crippen molar-refractivity contribution in [2.45, 2.75) is 38.0 Å². The van der Waals surface area contributed by atoms with Crippen molar-refractivity contribution in [2.75, 3.05) is 26.2 Å². The number of amides is 1. The lowest BCUT2D eigenvalue weighted by molar-refractivity contribution is 0.0119. The summed E-state index contributed by atoms with van der Waals surface area (Å²) in [6.45, 7) is 2.82. The van der Waals surface area contributed by atoms with Gasteiger partial charge in [0.05, 0.1) is 12.1 Å². The molecule has 23 heavy (non-hydrogen) atoms. The van der Waals surface area contributed by atoms with Gasteiger partial charge in [-0.2, -0.15) is 0 Å². The number of piperidine rings is 1. The summed E-state index contributed by atoms with van der Waals surface area (Å²) >= 11 is 0. The second kappa shape index (κ2) is 6.15. The first-order valence-electron chi connectivity index (χ1n) is 8.05. The molecule has 0 atom stereocenters. The molecule has 0 saturated carbocycles. The fourth-order valence-corrected chi connectivity index (χ4v) is 3.50. The lowest BCUT2D eigenvalue weighted by Crippen LogP contribution is -2.32. The molecular formula is C17H21F3N2O. The third-order valence-electron chi connectivity index (χ3n) is 4.79. The zero-order chi connectivity index (χ0) is 16.6. The lowest BCUT2D eigenvalue weighted by Gasteiger charge is -2.24. The van der Waals surface area contributed by atoms with Crippen molar-refractivity contribution in [3.8, 4) is 0 Å². The summed E-state index contributed by atoms with van der Waals surface area (Å²) in [4.78, 5) is 13.5. The molecule has 2 aliphatic heterocycles. The molecule has 0 bridgehead atoms. The minimum atomic E-state index is -2.87. The van der Waals surface area contributed by atoms with Crippen LogP contribution >= 0.6 is 0 Å². The minimum Gasteiger partial charge on any atom is -0.332 e. The molecule has 126 valence electrons. The number of alkyl halides is 2. The fourth-order valence-electron chi connectivity index (χ4n) is 3.50. The Morgan fingerprint density at radius 3 is 2.57 bits per heavy atom. The van der Waals surface area contributed by atoms with Crippen LogP contribution in [0.5, 0.6) is 0 Å². The van der Waals surface area contributed by atoms with E-state index in [1.54, 1.807) is 6.92 Å². The minimum absolute atomic E-state index is 0.0270. The van der Waals surface area contributed by atoms with Gasteiger partial charge in [-0.25, -0.2) is 13.2 Å². The third-order valence-corrected chi connectivity index (χ3v) is 4.79. The number of aryl methyl sites for hydroxylation is 1. The highest BCUT2D eigenvalue weighted by molar-refractivity contribution is 5.96. The molecule has 0 radical (unpaired) electrons. The van der Waals surface area contributed by atoms with Crippen molar-refractivity contribution in [2.24, 2.45) is 0 Å². The number of halogens is 3. The van der Waals surface area contributed by atoms with Gasteiger partial charge in [0.15, 0.2) is 0 Å². The van der Waals surface area contributed by atoms with E-state index in [2.05, 4.69) is 5.32 Å². The standard InChI is InChI=1S/C17H21F3N2O/c1-11-8-13(12-2-5-21-6-3-12)9-14(18)15(11)16(23)22-7-4-17(19,20)10-22/h8-9,12,21H,2-7,10H2,1H3. The molecule has 3 rings (SSSR count). The summed E-state index contributed by atoms with van der Waals surface area (Å²) in [6.07, 6.45) is 1.52. The van der Waals surface area contributed by atoms with Gasteiger partial charge in [0.25, 0.3) is 11.8 Å². The monoisotopic (exact) mass is 326 g/mol. The average molecular weight is 326 g/mol. The first-order chi connectivity index (χ1) is 10.9. The van der Waals surface area contributed by atoms with Crippen molar-refractivity contribution < 1.29 is 18.0 Å². The number of benzene rings is 1. The lowest BCUT2D eigenvalue weighted by atomic mass is 9.88. The maximum atomic E-state index is 14.5. The highest BCUT2D eigenvalue weighted by Gasteiger charge is 2.41. The van der Waals surface area contributed by atoms with Gasteiger partial charge in [-0.3, -0.25) is 4.79 Å². The van der Waals surface area contributed by atoms with E-state index in [1.807, 2.05) is 6.07 Å². The molecule has 0 aliphatic carbocycles. The molecule has 3 nitrogen and oxygen atoms in total. The summed E-state index contributed by atoms with van der Waals surface area (Å²) in [5.41, 5.74) is 1.35. The van der Waals surface area contributed by atoms with Crippen molar-refractivity contribution in [1.29, 1.82) is 0 Å². The molecule has 6 heteroatoms. The van der Waals surface area contributed by atoms with Crippen LogP contribution in [0.2, 0.25) is 0 Å². The van der Waals surface area contributed by atoms with Crippen LogP contribution in [-0.4, -0.2) is 42.9 Å². The van der Waals surface area contributed by atoms with Crippen molar-refractivity contribution in [3.05, 3.63) is 34.6 Å². The molecule has 0 aromatic heterocycles. The number of hydrogen-bond donors (Lipinski definition) is 1. The number of carbonyl (C=O) groups excluding carboxylic acids is 1. The molecule has 1 N–H and O–H groups in total. The third kappa shape index (κ3) is 3.37. The van der Waals surface area contributed by atoms with E-state index >= 15 is 0 Å². The number of nitrogens with one attached hydrogen (secondary N) is 1. The fraction of sp³-hybridized carbons (Fsp3) is 0.588. The maximum absolute atomic E-state index is 14.5. The number of carbonyl (C=O) groups is 1. The van der Waals surface area contributed by atoms with Gasteiger partial charge >= 0.3 is 0 Å². The Balaban J connectivity index is 1.84. The van der Waals surface area contributed by atoms with E-state index in [0.717, 1.165) is 36.4 Å². The molecule has 1 aromatic rings. The smallest absolute Gasteiger partial charge is 0.267 e. The average Bonchev–Trinajstić information content (AvgIpc) is 2.87. The molecular weight excluding hydrogens is 305 g/mol. The van der Waals surface area contributed by atoms with Gasteiger partial charge in [-0.05, 0) is 56.0 Å². The number of rotatable bonds is 2. The molecule has 1 amide bonds. The Kier molecular flexibility index (Phi) is 4.36. The van der Waals surface area contributed by atoms with Crippen LogP contribution in [0.1, 0.15) is 46.7 Å². The van der Waals surface area contributed by atoms with Crippen LogP contribution in [0, 0.1) is 12.7 Å². The van der Waals surface area contributed by atoms with E-state index in [-0.39, 0.29) is 24.4 Å². The first kappa shape index (κ1) is 16.3. The van der Waals surface area contributed by atoms with E-state index in [1.165, 1.54) is 6.07 Å². The summed E-state index contributed by atoms with van der Waals surface area (Å²) in [5, 5.41) is 3.26. The zero-order valence-electron chi connectivity index (χ0n) is 13.2. The largest absolute Gasteiger partial charge is 0.332 e.